The number of fused-ring (bicyclic) bond motifs is 5. The van der Waals surface area contributed by atoms with E-state index in [1.807, 2.05) is 0 Å². The number of rotatable bonds is 1. The third-order valence-corrected chi connectivity index (χ3v) is 10.0. The zero-order valence-electron chi connectivity index (χ0n) is 27.1. The number of benzene rings is 3. The zero-order valence-corrected chi connectivity index (χ0v) is 29.6. The third kappa shape index (κ3) is 5.92. The first-order valence-corrected chi connectivity index (χ1v) is 16.6. The monoisotopic (exact) mass is 626 g/mol. The van der Waals surface area contributed by atoms with E-state index in [1.165, 1.54) is 102 Å². The van der Waals surface area contributed by atoms with Gasteiger partial charge in [-0.15, -0.1) is 18.6 Å². The maximum absolute atomic E-state index is 3.65. The molecular formula is C41H44Zr. The minimum absolute atomic E-state index is 0.0340. The summed E-state index contributed by atoms with van der Waals surface area (Å²) in [4.78, 5) is 0. The molecule has 1 heteroatoms. The Kier molecular flexibility index (Phi) is 8.41. The van der Waals surface area contributed by atoms with Crippen LogP contribution in [0.3, 0.4) is 0 Å². The van der Waals surface area contributed by atoms with Crippen molar-refractivity contribution in [3.05, 3.63) is 128 Å². The molecule has 0 radical (unpaired) electrons. The Morgan fingerprint density at radius 1 is 0.738 bits per heavy atom. The van der Waals surface area contributed by atoms with Gasteiger partial charge in [0.15, 0.2) is 0 Å². The first-order valence-electron chi connectivity index (χ1n) is 15.2. The van der Waals surface area contributed by atoms with E-state index in [-0.39, 0.29) is 10.8 Å². The molecule has 0 nitrogen and oxygen atoms in total. The Morgan fingerprint density at radius 2 is 1.33 bits per heavy atom. The predicted molar refractivity (Wildman–Crippen MR) is 178 cm³/mol. The molecule has 0 fully saturated rings. The molecule has 0 bridgehead atoms. The van der Waals surface area contributed by atoms with Crippen LogP contribution >= 0.6 is 0 Å². The predicted octanol–water partition coefficient (Wildman–Crippen LogP) is 10.5. The summed E-state index contributed by atoms with van der Waals surface area (Å²) in [6, 6.07) is 18.4. The molecule has 0 saturated heterocycles. The average molecular weight is 628 g/mol. The van der Waals surface area contributed by atoms with Gasteiger partial charge in [-0.2, -0.15) is 11.6 Å². The fourth-order valence-electron chi connectivity index (χ4n) is 6.93. The Hall–Kier alpha value is -2.63. The van der Waals surface area contributed by atoms with Gasteiger partial charge in [0.25, 0.3) is 0 Å². The van der Waals surface area contributed by atoms with Crippen LogP contribution in [0.25, 0.3) is 22.3 Å². The second-order valence-electron chi connectivity index (χ2n) is 13.7. The molecule has 0 aromatic heterocycles. The van der Waals surface area contributed by atoms with E-state index >= 15 is 0 Å². The molecule has 0 amide bonds. The molecule has 0 heterocycles. The van der Waals surface area contributed by atoms with E-state index in [0.717, 1.165) is 6.42 Å². The molecule has 3 aromatic carbocycles. The van der Waals surface area contributed by atoms with Crippen molar-refractivity contribution in [1.82, 2.24) is 0 Å². The normalized spacial score (nSPS) is 19.5. The summed E-state index contributed by atoms with van der Waals surface area (Å²) in [5.41, 5.74) is 19.9. The van der Waals surface area contributed by atoms with Crippen molar-refractivity contribution in [3.63, 3.8) is 0 Å². The fraction of sp³-hybridized carbons (Fsp3) is 0.341. The van der Waals surface area contributed by atoms with Crippen LogP contribution in [0.2, 0.25) is 0 Å². The molecule has 4 aliphatic rings. The van der Waals surface area contributed by atoms with Crippen LogP contribution in [0.1, 0.15) is 107 Å². The second kappa shape index (κ2) is 11.5. The maximum atomic E-state index is 3.65. The first kappa shape index (κ1) is 30.8. The SMILES string of the molecule is CC1=[C-]C(C)(C)c2cc3c(cc21)-c1cc2c(cc1C3)C(C)(C)C=C2C.CC1=[C-]C(C)C=C1C.Cc1ccc([CH]=[Zr+2])cc1. The van der Waals surface area contributed by atoms with Crippen LogP contribution in [0.15, 0.2) is 71.8 Å². The summed E-state index contributed by atoms with van der Waals surface area (Å²) in [6.07, 6.45) is 12.7. The van der Waals surface area contributed by atoms with E-state index in [0.29, 0.717) is 5.92 Å². The van der Waals surface area contributed by atoms with Gasteiger partial charge < -0.3 is 0 Å². The fourth-order valence-corrected chi connectivity index (χ4v) is 7.41. The van der Waals surface area contributed by atoms with Gasteiger partial charge in [-0.1, -0.05) is 78.0 Å². The van der Waals surface area contributed by atoms with Gasteiger partial charge in [0.2, 0.25) is 0 Å². The Labute approximate surface area is 269 Å². The third-order valence-electron chi connectivity index (χ3n) is 9.21. The number of hydrogen-bond acceptors (Lipinski definition) is 0. The minimum atomic E-state index is 0.0340. The van der Waals surface area contributed by atoms with Gasteiger partial charge in [0.05, 0.1) is 0 Å². The number of hydrogen-bond donors (Lipinski definition) is 0. The van der Waals surface area contributed by atoms with Crippen molar-refractivity contribution < 1.29 is 24.2 Å². The van der Waals surface area contributed by atoms with E-state index in [1.54, 1.807) is 0 Å². The quantitative estimate of drug-likeness (QED) is 0.184. The molecular weight excluding hydrogens is 584 g/mol. The van der Waals surface area contributed by atoms with Crippen molar-refractivity contribution >= 4 is 14.9 Å². The van der Waals surface area contributed by atoms with Gasteiger partial charge in [-0.05, 0) is 58.4 Å². The molecule has 3 aromatic rings. The molecule has 0 saturated carbocycles. The molecule has 42 heavy (non-hydrogen) atoms. The van der Waals surface area contributed by atoms with E-state index in [4.69, 9.17) is 0 Å². The summed E-state index contributed by atoms with van der Waals surface area (Å²) < 4.78 is 2.19. The van der Waals surface area contributed by atoms with E-state index in [2.05, 4.69) is 146 Å². The summed E-state index contributed by atoms with van der Waals surface area (Å²) >= 11 is 1.47. The van der Waals surface area contributed by atoms with Gasteiger partial charge in [-0.25, -0.2) is 16.7 Å². The Morgan fingerprint density at radius 3 is 1.86 bits per heavy atom. The van der Waals surface area contributed by atoms with Crippen LogP contribution in [-0.2, 0) is 41.5 Å². The van der Waals surface area contributed by atoms with Crippen LogP contribution < -0.4 is 0 Å². The van der Waals surface area contributed by atoms with Crippen molar-refractivity contribution in [2.24, 2.45) is 5.92 Å². The molecule has 1 atom stereocenters. The van der Waals surface area contributed by atoms with Gasteiger partial charge in [0.1, 0.15) is 0 Å². The van der Waals surface area contributed by atoms with Gasteiger partial charge in [0, 0.05) is 5.41 Å². The number of allylic oxidation sites excluding steroid dienone is 8. The van der Waals surface area contributed by atoms with Crippen molar-refractivity contribution in [2.75, 3.05) is 0 Å². The van der Waals surface area contributed by atoms with Crippen LogP contribution in [0, 0.1) is 25.0 Å². The number of aryl methyl sites for hydroxylation is 1. The van der Waals surface area contributed by atoms with E-state index in [9.17, 15) is 0 Å². The summed E-state index contributed by atoms with van der Waals surface area (Å²) in [5, 5.41) is 0. The summed E-state index contributed by atoms with van der Waals surface area (Å²) in [7, 11) is 0. The molecule has 4 aliphatic carbocycles. The zero-order chi connectivity index (χ0) is 30.6. The van der Waals surface area contributed by atoms with Crippen LogP contribution in [0.4, 0.5) is 0 Å². The van der Waals surface area contributed by atoms with Crippen molar-refractivity contribution in [1.29, 1.82) is 0 Å². The van der Waals surface area contributed by atoms with Gasteiger partial charge in [-0.3, -0.25) is 12.2 Å². The molecule has 212 valence electrons. The summed E-state index contributed by atoms with van der Waals surface area (Å²) in [5.74, 6) is 0.551. The van der Waals surface area contributed by atoms with Crippen LogP contribution in [0.5, 0.6) is 0 Å². The average Bonchev–Trinajstić information content (AvgIpc) is 3.57. The molecule has 0 spiro atoms. The topological polar surface area (TPSA) is 0 Å². The van der Waals surface area contributed by atoms with Crippen molar-refractivity contribution in [3.8, 4) is 11.1 Å². The van der Waals surface area contributed by atoms with E-state index < -0.39 is 0 Å². The molecule has 0 aliphatic heterocycles. The first-order chi connectivity index (χ1) is 19.7. The molecule has 1 unspecified atom stereocenters. The summed E-state index contributed by atoms with van der Waals surface area (Å²) in [6.45, 7) is 22.2. The standard InChI is InChI=1S/C25H25.C8H11.C8H8.Zr/c1-14-12-24(3,4)22-8-16-7-17-9-23-19(15(2)13-25(23,5)6)11-21(17)20(16)10-18(14)22;1-6-4-7(2)8(3)5-6;1-7-3-5-8(2)6-4-7;/h8-12H,7H2,1-6H3;4,6H,1-3H3;1,3-6H,2H3;/q2*-1;;+2. The van der Waals surface area contributed by atoms with Crippen molar-refractivity contribution in [2.45, 2.75) is 86.5 Å². The second-order valence-corrected chi connectivity index (χ2v) is 14.4. The Balaban J connectivity index is 0.000000170. The Bertz CT molecular complexity index is 1590. The van der Waals surface area contributed by atoms with Gasteiger partial charge >= 0.3 is 70.3 Å². The van der Waals surface area contributed by atoms with Crippen LogP contribution in [-0.4, -0.2) is 3.71 Å². The molecule has 7 rings (SSSR count). The molecule has 0 N–H and O–H groups in total.